The van der Waals surface area contributed by atoms with Crippen molar-refractivity contribution in [2.45, 2.75) is 31.2 Å². The number of rotatable bonds is 1. The molecule has 0 aromatic heterocycles. The van der Waals surface area contributed by atoms with Crippen LogP contribution in [0.5, 0.6) is 5.75 Å². The summed E-state index contributed by atoms with van der Waals surface area (Å²) in [5.41, 5.74) is 9.23. The van der Waals surface area contributed by atoms with Crippen molar-refractivity contribution >= 4 is 0 Å². The summed E-state index contributed by atoms with van der Waals surface area (Å²) in [6.45, 7) is 0. The van der Waals surface area contributed by atoms with E-state index >= 15 is 0 Å². The van der Waals surface area contributed by atoms with Crippen LogP contribution in [-0.2, 0) is 12.0 Å². The number of benzene rings is 1. The predicted octanol–water partition coefficient (Wildman–Crippen LogP) is 2.76. The lowest BCUT2D eigenvalue weighted by atomic mass is 9.65. The average molecular weight is 229 g/mol. The van der Waals surface area contributed by atoms with Gasteiger partial charge in [-0.25, -0.2) is 0 Å². The number of allylic oxidation sites excluding steroid dienone is 1. The Balaban J connectivity index is 2.11. The van der Waals surface area contributed by atoms with E-state index in [4.69, 9.17) is 10.5 Å². The Morgan fingerprint density at radius 2 is 2.24 bits per heavy atom. The first kappa shape index (κ1) is 10.8. The smallest absolute Gasteiger partial charge is 0.119 e. The first-order chi connectivity index (χ1) is 8.24. The summed E-state index contributed by atoms with van der Waals surface area (Å²) in [6, 6.07) is 6.36. The molecule has 0 saturated carbocycles. The van der Waals surface area contributed by atoms with Gasteiger partial charge in [0.05, 0.1) is 7.11 Å². The minimum Gasteiger partial charge on any atom is -0.497 e. The van der Waals surface area contributed by atoms with Crippen molar-refractivity contribution in [1.29, 1.82) is 0 Å². The molecule has 1 aromatic rings. The predicted molar refractivity (Wildman–Crippen MR) is 69.0 cm³/mol. The zero-order valence-corrected chi connectivity index (χ0v) is 10.3. The average Bonchev–Trinajstić information content (AvgIpc) is 2.38. The Morgan fingerprint density at radius 1 is 1.35 bits per heavy atom. The second-order valence-electron chi connectivity index (χ2n) is 5.21. The summed E-state index contributed by atoms with van der Waals surface area (Å²) in [5.74, 6) is 1.51. The van der Waals surface area contributed by atoms with Crippen molar-refractivity contribution in [3.05, 3.63) is 41.5 Å². The van der Waals surface area contributed by atoms with Gasteiger partial charge in [0.25, 0.3) is 0 Å². The molecule has 90 valence electrons. The van der Waals surface area contributed by atoms with E-state index in [-0.39, 0.29) is 5.54 Å². The van der Waals surface area contributed by atoms with E-state index in [0.29, 0.717) is 5.92 Å². The molecule has 0 bridgehead atoms. The van der Waals surface area contributed by atoms with Gasteiger partial charge in [0.15, 0.2) is 0 Å². The molecule has 0 spiro atoms. The van der Waals surface area contributed by atoms with E-state index < -0.39 is 0 Å². The number of hydrogen-bond donors (Lipinski definition) is 1. The zero-order chi connectivity index (χ0) is 11.9. The third kappa shape index (κ3) is 1.59. The molecule has 0 radical (unpaired) electrons. The quantitative estimate of drug-likeness (QED) is 0.751. The standard InChI is InChI=1S/C15H19NO/c1-17-13-8-6-11-5-7-12-4-2-3-9-15(12,16)14(11)10-13/h2-3,6,8,10,12H,4-5,7,9,16H2,1H3. The third-order valence-electron chi connectivity index (χ3n) is 4.35. The largest absolute Gasteiger partial charge is 0.497 e. The monoisotopic (exact) mass is 229 g/mol. The molecule has 0 aliphatic heterocycles. The maximum Gasteiger partial charge on any atom is 0.119 e. The van der Waals surface area contributed by atoms with E-state index in [1.165, 1.54) is 17.5 Å². The Hall–Kier alpha value is -1.28. The van der Waals surface area contributed by atoms with Crippen molar-refractivity contribution in [2.75, 3.05) is 7.11 Å². The molecule has 2 unspecified atom stereocenters. The van der Waals surface area contributed by atoms with Crippen molar-refractivity contribution in [1.82, 2.24) is 0 Å². The summed E-state index contributed by atoms with van der Waals surface area (Å²) >= 11 is 0. The van der Waals surface area contributed by atoms with Gasteiger partial charge in [-0.3, -0.25) is 0 Å². The third-order valence-corrected chi connectivity index (χ3v) is 4.35. The molecular formula is C15H19NO. The molecule has 2 atom stereocenters. The Kier molecular flexibility index (Phi) is 2.48. The Morgan fingerprint density at radius 3 is 3.06 bits per heavy atom. The number of methoxy groups -OCH3 is 1. The van der Waals surface area contributed by atoms with Gasteiger partial charge in [-0.2, -0.15) is 0 Å². The van der Waals surface area contributed by atoms with Crippen LogP contribution in [0.25, 0.3) is 0 Å². The highest BCUT2D eigenvalue weighted by molar-refractivity contribution is 5.43. The molecule has 2 aliphatic rings. The molecule has 2 N–H and O–H groups in total. The van der Waals surface area contributed by atoms with Gasteiger partial charge in [0.1, 0.15) is 5.75 Å². The second kappa shape index (κ2) is 3.88. The highest BCUT2D eigenvalue weighted by atomic mass is 16.5. The van der Waals surface area contributed by atoms with Gasteiger partial charge in [-0.05, 0) is 54.9 Å². The van der Waals surface area contributed by atoms with Gasteiger partial charge in [-0.1, -0.05) is 18.2 Å². The lowest BCUT2D eigenvalue weighted by Gasteiger charge is -2.44. The second-order valence-corrected chi connectivity index (χ2v) is 5.21. The van der Waals surface area contributed by atoms with E-state index in [1.54, 1.807) is 7.11 Å². The van der Waals surface area contributed by atoms with E-state index in [1.807, 2.05) is 6.07 Å². The molecule has 2 aliphatic carbocycles. The Labute approximate surface area is 102 Å². The van der Waals surface area contributed by atoms with Crippen LogP contribution >= 0.6 is 0 Å². The SMILES string of the molecule is COc1ccc2c(c1)C1(N)CC=CCC1CC2. The van der Waals surface area contributed by atoms with Gasteiger partial charge < -0.3 is 10.5 Å². The lowest BCUT2D eigenvalue weighted by Crippen LogP contribution is -2.48. The molecule has 0 saturated heterocycles. The number of nitrogens with two attached hydrogens (primary N) is 1. The van der Waals surface area contributed by atoms with Crippen molar-refractivity contribution in [2.24, 2.45) is 11.7 Å². The van der Waals surface area contributed by atoms with Crippen LogP contribution in [0.1, 0.15) is 30.4 Å². The normalized spacial score (nSPS) is 30.6. The van der Waals surface area contributed by atoms with E-state index in [2.05, 4.69) is 24.3 Å². The minimum atomic E-state index is -0.170. The van der Waals surface area contributed by atoms with Crippen molar-refractivity contribution < 1.29 is 4.74 Å². The molecule has 1 aromatic carbocycles. The van der Waals surface area contributed by atoms with E-state index in [9.17, 15) is 0 Å². The summed E-state index contributed by atoms with van der Waals surface area (Å²) in [7, 11) is 1.71. The molecular weight excluding hydrogens is 210 g/mol. The highest BCUT2D eigenvalue weighted by Gasteiger charge is 2.41. The van der Waals surface area contributed by atoms with E-state index in [0.717, 1.165) is 25.0 Å². The fraction of sp³-hybridized carbons (Fsp3) is 0.467. The number of ether oxygens (including phenoxy) is 1. The first-order valence-electron chi connectivity index (χ1n) is 6.35. The number of hydrogen-bond acceptors (Lipinski definition) is 2. The summed E-state index contributed by atoms with van der Waals surface area (Å²) < 4.78 is 5.33. The topological polar surface area (TPSA) is 35.2 Å². The van der Waals surface area contributed by atoms with Crippen molar-refractivity contribution in [3.8, 4) is 5.75 Å². The fourth-order valence-corrected chi connectivity index (χ4v) is 3.28. The van der Waals surface area contributed by atoms with Crippen LogP contribution in [0.4, 0.5) is 0 Å². The molecule has 3 rings (SSSR count). The fourth-order valence-electron chi connectivity index (χ4n) is 3.28. The number of aryl methyl sites for hydroxylation is 1. The van der Waals surface area contributed by atoms with Gasteiger partial charge in [0.2, 0.25) is 0 Å². The zero-order valence-electron chi connectivity index (χ0n) is 10.3. The maximum absolute atomic E-state index is 6.69. The summed E-state index contributed by atoms with van der Waals surface area (Å²) in [5, 5.41) is 0. The molecule has 0 fully saturated rings. The summed E-state index contributed by atoms with van der Waals surface area (Å²) in [6.07, 6.45) is 8.94. The molecule has 2 nitrogen and oxygen atoms in total. The Bertz CT molecular complexity index is 466. The highest BCUT2D eigenvalue weighted by Crippen LogP contribution is 2.45. The van der Waals surface area contributed by atoms with Crippen LogP contribution in [0.2, 0.25) is 0 Å². The first-order valence-corrected chi connectivity index (χ1v) is 6.35. The summed E-state index contributed by atoms with van der Waals surface area (Å²) in [4.78, 5) is 0. The van der Waals surface area contributed by atoms with Crippen LogP contribution in [0.15, 0.2) is 30.4 Å². The van der Waals surface area contributed by atoms with Gasteiger partial charge in [-0.15, -0.1) is 0 Å². The molecule has 2 heteroatoms. The van der Waals surface area contributed by atoms with Gasteiger partial charge in [0, 0.05) is 5.54 Å². The number of fused-ring (bicyclic) bond motifs is 3. The lowest BCUT2D eigenvalue weighted by molar-refractivity contribution is 0.231. The molecule has 0 amide bonds. The van der Waals surface area contributed by atoms with Gasteiger partial charge >= 0.3 is 0 Å². The molecule has 0 heterocycles. The van der Waals surface area contributed by atoms with Crippen LogP contribution < -0.4 is 10.5 Å². The molecule has 17 heavy (non-hydrogen) atoms. The van der Waals surface area contributed by atoms with Crippen LogP contribution in [0, 0.1) is 5.92 Å². The maximum atomic E-state index is 6.69. The van der Waals surface area contributed by atoms with Crippen LogP contribution in [0.3, 0.4) is 0 Å². The van der Waals surface area contributed by atoms with Crippen LogP contribution in [-0.4, -0.2) is 7.11 Å². The minimum absolute atomic E-state index is 0.170. The van der Waals surface area contributed by atoms with Crippen molar-refractivity contribution in [3.63, 3.8) is 0 Å².